The molecule has 2 aliphatic heterocycles. The van der Waals surface area contributed by atoms with Gasteiger partial charge in [-0.1, -0.05) is 42.5 Å². The predicted molar refractivity (Wildman–Crippen MR) is 96.9 cm³/mol. The number of rotatable bonds is 2. The van der Waals surface area contributed by atoms with Crippen LogP contribution in [0.5, 0.6) is 0 Å². The van der Waals surface area contributed by atoms with E-state index in [2.05, 4.69) is 12.2 Å². The Balaban J connectivity index is 1.39. The summed E-state index contributed by atoms with van der Waals surface area (Å²) in [4.78, 5) is 41.5. The Kier molecular flexibility index (Phi) is 3.39. The summed E-state index contributed by atoms with van der Waals surface area (Å²) in [7, 11) is 0. The van der Waals surface area contributed by atoms with Crippen molar-refractivity contribution < 1.29 is 14.4 Å². The lowest BCUT2D eigenvalue weighted by Crippen LogP contribution is -2.44. The summed E-state index contributed by atoms with van der Waals surface area (Å²) in [6, 6.07) is 7.72. The summed E-state index contributed by atoms with van der Waals surface area (Å²) in [5.41, 5.74) is 1.82. The molecular formula is C21H20N2O3. The first-order chi connectivity index (χ1) is 12.6. The van der Waals surface area contributed by atoms with E-state index in [0.29, 0.717) is 6.54 Å². The summed E-state index contributed by atoms with van der Waals surface area (Å²) in [5, 5.41) is 0. The molecule has 4 atom stereocenters. The molecule has 2 fully saturated rings. The largest absolute Gasteiger partial charge is 0.310 e. The van der Waals surface area contributed by atoms with Crippen molar-refractivity contribution in [1.29, 1.82) is 0 Å². The molecule has 0 radical (unpaired) electrons. The van der Waals surface area contributed by atoms with Crippen molar-refractivity contribution >= 4 is 29.5 Å². The Bertz CT molecular complexity index is 842. The maximum Gasteiger partial charge on any atom is 0.247 e. The molecule has 2 aliphatic carbocycles. The van der Waals surface area contributed by atoms with Gasteiger partial charge in [-0.15, -0.1) is 0 Å². The van der Waals surface area contributed by atoms with E-state index >= 15 is 0 Å². The number of allylic oxidation sites excluding steroid dienone is 2. The molecule has 1 aromatic rings. The molecule has 1 aromatic carbocycles. The topological polar surface area (TPSA) is 57.7 Å². The lowest BCUT2D eigenvalue weighted by Gasteiger charge is -2.25. The first kappa shape index (κ1) is 15.6. The summed E-state index contributed by atoms with van der Waals surface area (Å²) in [6.45, 7) is 0.403. The van der Waals surface area contributed by atoms with Gasteiger partial charge in [0.15, 0.2) is 0 Å². The van der Waals surface area contributed by atoms with Gasteiger partial charge in [0, 0.05) is 6.54 Å². The fourth-order valence-electron chi connectivity index (χ4n) is 5.01. The zero-order valence-corrected chi connectivity index (χ0v) is 14.4. The Morgan fingerprint density at radius 2 is 1.73 bits per heavy atom. The Hall–Kier alpha value is -2.69. The van der Waals surface area contributed by atoms with Gasteiger partial charge in [0.25, 0.3) is 0 Å². The number of likely N-dealkylation sites (tertiary alicyclic amines) is 1. The standard InChI is InChI=1S/C21H20N2O3/c24-17(22-10-4-3-6-13-5-1-2-7-16(13)22)12-23-20(25)18-14-8-9-15(11-14)19(18)21(23)26/h1-3,5-9,14-15,18-19H,4,10-12H2. The van der Waals surface area contributed by atoms with Crippen LogP contribution in [0, 0.1) is 23.7 Å². The summed E-state index contributed by atoms with van der Waals surface area (Å²) in [5.74, 6) is -0.665. The number of para-hydroxylation sites is 1. The highest BCUT2D eigenvalue weighted by Gasteiger charge is 2.59. The molecule has 5 nitrogen and oxygen atoms in total. The number of carbonyl (C=O) groups excluding carboxylic acids is 3. The van der Waals surface area contributed by atoms with E-state index in [-0.39, 0.29) is 47.9 Å². The SMILES string of the molecule is O=C1C2C3C=CC(C3)C2C(=O)N1CC(=O)N1CCC=Cc2ccccc21. The van der Waals surface area contributed by atoms with Gasteiger partial charge in [-0.2, -0.15) is 0 Å². The van der Waals surface area contributed by atoms with Crippen LogP contribution in [-0.4, -0.2) is 35.7 Å². The monoisotopic (exact) mass is 348 g/mol. The van der Waals surface area contributed by atoms with Crippen molar-refractivity contribution in [3.63, 3.8) is 0 Å². The average Bonchev–Trinajstić information content (AvgIpc) is 3.27. The van der Waals surface area contributed by atoms with Crippen molar-refractivity contribution in [3.05, 3.63) is 48.1 Å². The number of fused-ring (bicyclic) bond motifs is 6. The highest BCUT2D eigenvalue weighted by atomic mass is 16.2. The molecule has 2 heterocycles. The first-order valence-electron chi connectivity index (χ1n) is 9.24. The molecule has 2 bridgehead atoms. The Labute approximate surface area is 152 Å². The second-order valence-corrected chi connectivity index (χ2v) is 7.56. The Morgan fingerprint density at radius 1 is 1.04 bits per heavy atom. The third-order valence-electron chi connectivity index (χ3n) is 6.20. The third kappa shape index (κ3) is 2.13. The minimum Gasteiger partial charge on any atom is -0.310 e. The number of hydrogen-bond donors (Lipinski definition) is 0. The minimum atomic E-state index is -0.247. The zero-order valence-electron chi connectivity index (χ0n) is 14.4. The maximum atomic E-state index is 13.0. The number of benzene rings is 1. The minimum absolute atomic E-state index is 0.154. The third-order valence-corrected chi connectivity index (χ3v) is 6.20. The van der Waals surface area contributed by atoms with Crippen LogP contribution in [0.25, 0.3) is 6.08 Å². The maximum absolute atomic E-state index is 13.0. The van der Waals surface area contributed by atoms with Crippen LogP contribution in [0.15, 0.2) is 42.5 Å². The van der Waals surface area contributed by atoms with Gasteiger partial charge in [-0.25, -0.2) is 0 Å². The summed E-state index contributed by atoms with van der Waals surface area (Å²) in [6.07, 6.45) is 9.86. The molecule has 0 aromatic heterocycles. The van der Waals surface area contributed by atoms with Gasteiger partial charge in [0.1, 0.15) is 6.54 Å². The highest BCUT2D eigenvalue weighted by Crippen LogP contribution is 2.52. The highest BCUT2D eigenvalue weighted by molar-refractivity contribution is 6.10. The van der Waals surface area contributed by atoms with Gasteiger partial charge < -0.3 is 4.90 Å². The molecule has 0 spiro atoms. The van der Waals surface area contributed by atoms with Crippen molar-refractivity contribution in [2.75, 3.05) is 18.0 Å². The number of carbonyl (C=O) groups is 3. The van der Waals surface area contributed by atoms with Gasteiger partial charge in [-0.05, 0) is 36.3 Å². The van der Waals surface area contributed by atoms with E-state index in [0.717, 1.165) is 24.1 Å². The second kappa shape index (κ2) is 5.66. The van der Waals surface area contributed by atoms with Crippen molar-refractivity contribution in [2.45, 2.75) is 12.8 Å². The second-order valence-electron chi connectivity index (χ2n) is 7.56. The van der Waals surface area contributed by atoms with Gasteiger partial charge in [0.2, 0.25) is 17.7 Å². The Morgan fingerprint density at radius 3 is 2.46 bits per heavy atom. The number of imide groups is 1. The predicted octanol–water partition coefficient (Wildman–Crippen LogP) is 2.24. The van der Waals surface area contributed by atoms with E-state index in [9.17, 15) is 14.4 Å². The van der Waals surface area contributed by atoms with Crippen LogP contribution in [0.4, 0.5) is 5.69 Å². The molecule has 132 valence electrons. The molecule has 1 saturated carbocycles. The van der Waals surface area contributed by atoms with Crippen LogP contribution >= 0.6 is 0 Å². The van der Waals surface area contributed by atoms with Crippen molar-refractivity contribution in [2.24, 2.45) is 23.7 Å². The number of nitrogens with zero attached hydrogens (tertiary/aromatic N) is 2. The fraction of sp³-hybridized carbons (Fsp3) is 0.381. The molecule has 4 aliphatic rings. The van der Waals surface area contributed by atoms with E-state index in [1.54, 1.807) is 4.90 Å². The molecule has 5 heteroatoms. The van der Waals surface area contributed by atoms with Gasteiger partial charge in [-0.3, -0.25) is 19.3 Å². The number of amides is 3. The molecule has 4 unspecified atom stereocenters. The number of hydrogen-bond acceptors (Lipinski definition) is 3. The molecule has 3 amide bonds. The van der Waals surface area contributed by atoms with Crippen LogP contribution in [0.3, 0.4) is 0 Å². The van der Waals surface area contributed by atoms with Crippen molar-refractivity contribution in [1.82, 2.24) is 4.90 Å². The van der Waals surface area contributed by atoms with Crippen molar-refractivity contribution in [3.8, 4) is 0 Å². The van der Waals surface area contributed by atoms with E-state index in [1.165, 1.54) is 4.90 Å². The molecule has 0 N–H and O–H groups in total. The summed E-state index contributed by atoms with van der Waals surface area (Å²) >= 11 is 0. The van der Waals surface area contributed by atoms with E-state index < -0.39 is 0 Å². The van der Waals surface area contributed by atoms with E-state index in [1.807, 2.05) is 36.4 Å². The average molecular weight is 348 g/mol. The summed E-state index contributed by atoms with van der Waals surface area (Å²) < 4.78 is 0. The normalized spacial score (nSPS) is 31.4. The zero-order chi connectivity index (χ0) is 17.8. The van der Waals surface area contributed by atoms with Crippen LogP contribution in [0.1, 0.15) is 18.4 Å². The molecule has 26 heavy (non-hydrogen) atoms. The fourth-order valence-corrected chi connectivity index (χ4v) is 5.01. The van der Waals surface area contributed by atoms with Crippen LogP contribution < -0.4 is 4.90 Å². The van der Waals surface area contributed by atoms with Gasteiger partial charge >= 0.3 is 0 Å². The lowest BCUT2D eigenvalue weighted by atomic mass is 9.85. The molecule has 1 saturated heterocycles. The smallest absolute Gasteiger partial charge is 0.247 e. The molecular weight excluding hydrogens is 328 g/mol. The quantitative estimate of drug-likeness (QED) is 0.608. The van der Waals surface area contributed by atoms with Crippen LogP contribution in [0.2, 0.25) is 0 Å². The van der Waals surface area contributed by atoms with E-state index in [4.69, 9.17) is 0 Å². The first-order valence-corrected chi connectivity index (χ1v) is 9.24. The number of anilines is 1. The van der Waals surface area contributed by atoms with Gasteiger partial charge in [0.05, 0.1) is 17.5 Å². The lowest BCUT2D eigenvalue weighted by molar-refractivity contribution is -0.143. The van der Waals surface area contributed by atoms with Crippen LogP contribution in [-0.2, 0) is 14.4 Å². The molecule has 5 rings (SSSR count).